The molecule has 0 aliphatic heterocycles. The van der Waals surface area contributed by atoms with Crippen LogP contribution in [0, 0.1) is 12.7 Å². The minimum absolute atomic E-state index is 0.0584. The number of nitrogen functional groups attached to an aromatic ring is 1. The van der Waals surface area contributed by atoms with E-state index in [0.717, 1.165) is 22.0 Å². The fourth-order valence-corrected chi connectivity index (χ4v) is 3.53. The Bertz CT molecular complexity index is 1240. The lowest BCUT2D eigenvalue weighted by atomic mass is 10.0. The Labute approximate surface area is 178 Å². The molecule has 0 aliphatic carbocycles. The van der Waals surface area contributed by atoms with Crippen LogP contribution in [-0.4, -0.2) is 34.5 Å². The van der Waals surface area contributed by atoms with Crippen molar-refractivity contribution in [1.82, 2.24) is 10.2 Å². The van der Waals surface area contributed by atoms with E-state index in [0.29, 0.717) is 17.1 Å². The summed E-state index contributed by atoms with van der Waals surface area (Å²) >= 11 is 0. The number of urea groups is 1. The van der Waals surface area contributed by atoms with Crippen LogP contribution in [0.5, 0.6) is 0 Å². The summed E-state index contributed by atoms with van der Waals surface area (Å²) in [6, 6.07) is 17.3. The monoisotopic (exact) mass is 419 g/mol. The maximum atomic E-state index is 14.3. The zero-order chi connectivity index (χ0) is 22.0. The van der Waals surface area contributed by atoms with Gasteiger partial charge in [0.15, 0.2) is 5.82 Å². The molecule has 1 aromatic heterocycles. The van der Waals surface area contributed by atoms with Crippen molar-refractivity contribution in [3.63, 3.8) is 0 Å². The van der Waals surface area contributed by atoms with Crippen LogP contribution in [0.4, 0.5) is 26.4 Å². The molecule has 4 rings (SSSR count). The number of nitrogens with two attached hydrogens (primary N) is 1. The summed E-state index contributed by atoms with van der Waals surface area (Å²) in [6.45, 7) is 1.45. The Morgan fingerprint density at radius 2 is 1.90 bits per heavy atom. The first kappa shape index (κ1) is 20.4. The van der Waals surface area contributed by atoms with Gasteiger partial charge in [-0.25, -0.2) is 9.18 Å². The molecule has 8 heteroatoms. The van der Waals surface area contributed by atoms with Crippen LogP contribution in [0.15, 0.2) is 60.7 Å². The number of aliphatic hydroxyl groups is 1. The van der Waals surface area contributed by atoms with Gasteiger partial charge in [0.1, 0.15) is 5.82 Å². The van der Waals surface area contributed by atoms with Gasteiger partial charge in [0, 0.05) is 5.69 Å². The van der Waals surface area contributed by atoms with Crippen molar-refractivity contribution in [3.05, 3.63) is 72.0 Å². The standard InChI is InChI=1S/C23H22FN5O2/c1-14-4-2-7-19(21(14)24)26-23(31)29(12-13-30)16-10-8-15(9-11-16)17-5-3-6-18-20(17)22(25)28-27-18/h2-11,30H,12-13H2,1H3,(H,26,31)(H3,25,27,28). The molecule has 2 amide bonds. The lowest BCUT2D eigenvalue weighted by Gasteiger charge is -2.23. The number of nitrogens with one attached hydrogen (secondary N) is 2. The summed E-state index contributed by atoms with van der Waals surface area (Å²) in [4.78, 5) is 14.2. The number of rotatable bonds is 5. The second-order valence-corrected chi connectivity index (χ2v) is 7.13. The fourth-order valence-electron chi connectivity index (χ4n) is 3.53. The molecule has 31 heavy (non-hydrogen) atoms. The highest BCUT2D eigenvalue weighted by molar-refractivity contribution is 6.03. The number of hydrogen-bond acceptors (Lipinski definition) is 4. The van der Waals surface area contributed by atoms with E-state index in [-0.39, 0.29) is 18.8 Å². The molecule has 0 radical (unpaired) electrons. The number of carbonyl (C=O) groups is 1. The first-order chi connectivity index (χ1) is 15.0. The minimum Gasteiger partial charge on any atom is -0.395 e. The first-order valence-electron chi connectivity index (χ1n) is 9.77. The van der Waals surface area contributed by atoms with Crippen LogP contribution >= 0.6 is 0 Å². The second kappa shape index (κ2) is 8.45. The van der Waals surface area contributed by atoms with Crippen LogP contribution in [0.2, 0.25) is 0 Å². The molecule has 4 aromatic rings. The van der Waals surface area contributed by atoms with E-state index in [1.54, 1.807) is 31.2 Å². The van der Waals surface area contributed by atoms with Gasteiger partial charge in [0.05, 0.1) is 29.7 Å². The molecule has 7 nitrogen and oxygen atoms in total. The highest BCUT2D eigenvalue weighted by Crippen LogP contribution is 2.32. The summed E-state index contributed by atoms with van der Waals surface area (Å²) in [6.07, 6.45) is 0. The van der Waals surface area contributed by atoms with E-state index >= 15 is 0 Å². The Hall–Kier alpha value is -3.91. The third-order valence-corrected chi connectivity index (χ3v) is 5.11. The highest BCUT2D eigenvalue weighted by Gasteiger charge is 2.18. The summed E-state index contributed by atoms with van der Waals surface area (Å²) in [5.74, 6) is -0.0721. The van der Waals surface area contributed by atoms with Gasteiger partial charge < -0.3 is 16.2 Å². The van der Waals surface area contributed by atoms with Crippen molar-refractivity contribution < 1.29 is 14.3 Å². The Morgan fingerprint density at radius 3 is 2.65 bits per heavy atom. The van der Waals surface area contributed by atoms with E-state index in [4.69, 9.17) is 5.73 Å². The van der Waals surface area contributed by atoms with Crippen LogP contribution in [0.1, 0.15) is 5.56 Å². The highest BCUT2D eigenvalue weighted by atomic mass is 19.1. The van der Waals surface area contributed by atoms with Gasteiger partial charge in [-0.3, -0.25) is 10.00 Å². The predicted molar refractivity (Wildman–Crippen MR) is 121 cm³/mol. The molecule has 1 heterocycles. The smallest absolute Gasteiger partial charge is 0.326 e. The van der Waals surface area contributed by atoms with Crippen LogP contribution in [0.25, 0.3) is 22.0 Å². The molecule has 0 saturated heterocycles. The van der Waals surface area contributed by atoms with Crippen molar-refractivity contribution in [3.8, 4) is 11.1 Å². The maximum Gasteiger partial charge on any atom is 0.326 e. The number of aromatic amines is 1. The molecular formula is C23H22FN5O2. The zero-order valence-electron chi connectivity index (χ0n) is 16.9. The maximum absolute atomic E-state index is 14.3. The number of aliphatic hydroxyl groups excluding tert-OH is 1. The Morgan fingerprint density at radius 1 is 1.16 bits per heavy atom. The number of H-pyrrole nitrogens is 1. The molecule has 0 spiro atoms. The number of benzene rings is 3. The molecule has 0 fully saturated rings. The van der Waals surface area contributed by atoms with Gasteiger partial charge in [0.2, 0.25) is 0 Å². The number of halogens is 1. The van der Waals surface area contributed by atoms with Gasteiger partial charge in [0.25, 0.3) is 0 Å². The number of aryl methyl sites for hydroxylation is 1. The Kier molecular flexibility index (Phi) is 5.55. The Balaban J connectivity index is 1.62. The quantitative estimate of drug-likeness (QED) is 0.387. The van der Waals surface area contributed by atoms with Crippen molar-refractivity contribution >= 4 is 34.1 Å². The molecule has 0 unspecified atom stereocenters. The number of aromatic nitrogens is 2. The van der Waals surface area contributed by atoms with Crippen molar-refractivity contribution in [2.45, 2.75) is 6.92 Å². The van der Waals surface area contributed by atoms with E-state index in [2.05, 4.69) is 15.5 Å². The second-order valence-electron chi connectivity index (χ2n) is 7.13. The van der Waals surface area contributed by atoms with E-state index < -0.39 is 11.8 Å². The largest absolute Gasteiger partial charge is 0.395 e. The first-order valence-corrected chi connectivity index (χ1v) is 9.77. The average molecular weight is 419 g/mol. The summed E-state index contributed by atoms with van der Waals surface area (Å²) < 4.78 is 14.3. The number of hydrogen-bond donors (Lipinski definition) is 4. The number of fused-ring (bicyclic) bond motifs is 1. The van der Waals surface area contributed by atoms with Crippen molar-refractivity contribution in [1.29, 1.82) is 0 Å². The van der Waals surface area contributed by atoms with Gasteiger partial charge in [-0.1, -0.05) is 36.4 Å². The molecular weight excluding hydrogens is 397 g/mol. The van der Waals surface area contributed by atoms with Gasteiger partial charge in [-0.05, 0) is 47.9 Å². The molecule has 0 saturated carbocycles. The minimum atomic E-state index is -0.535. The number of amides is 2. The van der Waals surface area contributed by atoms with Gasteiger partial charge in [-0.2, -0.15) is 5.10 Å². The average Bonchev–Trinajstić information content (AvgIpc) is 3.16. The van der Waals surface area contributed by atoms with E-state index in [9.17, 15) is 14.3 Å². The molecule has 0 atom stereocenters. The molecule has 0 aliphatic rings. The molecule has 158 valence electrons. The summed E-state index contributed by atoms with van der Waals surface area (Å²) in [5, 5.41) is 19.8. The third kappa shape index (κ3) is 3.93. The van der Waals surface area contributed by atoms with Crippen LogP contribution in [0.3, 0.4) is 0 Å². The molecule has 3 aromatic carbocycles. The normalized spacial score (nSPS) is 10.9. The summed E-state index contributed by atoms with van der Waals surface area (Å²) in [5.41, 5.74) is 9.74. The SMILES string of the molecule is Cc1cccc(NC(=O)N(CCO)c2ccc(-c3cccc4[nH]nc(N)c34)cc2)c1F. The number of nitrogens with zero attached hydrogens (tertiary/aromatic N) is 2. The summed E-state index contributed by atoms with van der Waals surface area (Å²) in [7, 11) is 0. The van der Waals surface area contributed by atoms with Gasteiger partial charge in [-0.15, -0.1) is 0 Å². The van der Waals surface area contributed by atoms with Crippen molar-refractivity contribution in [2.75, 3.05) is 29.1 Å². The lowest BCUT2D eigenvalue weighted by molar-refractivity contribution is 0.252. The third-order valence-electron chi connectivity index (χ3n) is 5.11. The lowest BCUT2D eigenvalue weighted by Crippen LogP contribution is -2.37. The van der Waals surface area contributed by atoms with Crippen LogP contribution < -0.4 is 16.0 Å². The number of carbonyl (C=O) groups excluding carboxylic acids is 1. The zero-order valence-corrected chi connectivity index (χ0v) is 16.9. The van der Waals surface area contributed by atoms with E-state index in [1.807, 2.05) is 30.3 Å². The number of anilines is 3. The fraction of sp³-hybridized carbons (Fsp3) is 0.130. The van der Waals surface area contributed by atoms with E-state index in [1.165, 1.54) is 11.0 Å². The molecule has 0 bridgehead atoms. The van der Waals surface area contributed by atoms with Gasteiger partial charge >= 0.3 is 6.03 Å². The topological polar surface area (TPSA) is 107 Å². The van der Waals surface area contributed by atoms with Crippen LogP contribution in [-0.2, 0) is 0 Å². The van der Waals surface area contributed by atoms with Crippen molar-refractivity contribution in [2.24, 2.45) is 0 Å². The molecule has 5 N–H and O–H groups in total. The predicted octanol–water partition coefficient (Wildman–Crippen LogP) is 4.29.